The number of carbonyl (C=O) groups excluding carboxylic acids is 1. The predicted octanol–water partition coefficient (Wildman–Crippen LogP) is 1.97. The second kappa shape index (κ2) is 9.13. The van der Waals surface area contributed by atoms with Crippen LogP contribution in [-0.2, 0) is 18.3 Å². The Morgan fingerprint density at radius 1 is 1.06 bits per heavy atom. The summed E-state index contributed by atoms with van der Waals surface area (Å²) in [7, 11) is 1.23. The molecule has 0 fully saturated rings. The summed E-state index contributed by atoms with van der Waals surface area (Å²) in [4.78, 5) is 41.1. The van der Waals surface area contributed by atoms with E-state index in [0.717, 1.165) is 33.5 Å². The zero-order valence-electron chi connectivity index (χ0n) is 17.5. The van der Waals surface area contributed by atoms with E-state index in [1.54, 1.807) is 0 Å². The number of anilines is 1. The van der Waals surface area contributed by atoms with E-state index in [4.69, 9.17) is 4.52 Å². The van der Waals surface area contributed by atoms with Gasteiger partial charge in [0.15, 0.2) is 5.69 Å². The molecule has 0 aliphatic carbocycles. The number of aromatic nitrogens is 5. The van der Waals surface area contributed by atoms with Gasteiger partial charge >= 0.3 is 5.69 Å². The second-order valence-corrected chi connectivity index (χ2v) is 7.07. The van der Waals surface area contributed by atoms with Crippen molar-refractivity contribution < 1.29 is 22.5 Å². The first-order chi connectivity index (χ1) is 16.2. The van der Waals surface area contributed by atoms with Crippen LogP contribution in [0, 0.1) is 17.5 Å². The number of amides is 1. The van der Waals surface area contributed by atoms with Crippen molar-refractivity contribution in [1.29, 1.82) is 0 Å². The number of nitrogens with one attached hydrogen (secondary N) is 1. The molecule has 0 unspecified atom stereocenters. The van der Waals surface area contributed by atoms with Gasteiger partial charge in [0.1, 0.15) is 17.5 Å². The fraction of sp³-hybridized carbons (Fsp3) is 0.143. The highest BCUT2D eigenvalue weighted by molar-refractivity contribution is 5.90. The maximum Gasteiger partial charge on any atom is 0.351 e. The lowest BCUT2D eigenvalue weighted by molar-refractivity contribution is -0.116. The third kappa shape index (κ3) is 4.62. The number of halogens is 3. The number of aryl methyl sites for hydroxylation is 1. The number of rotatable bonds is 6. The molecule has 2 aromatic carbocycles. The standard InChI is InChI=1S/C21H15F3N6O4/c1-29-20(32)18(27-30(21(29)33)13-5-2-11(22)3-6-13)19-26-17(34-28-19)9-8-16(31)25-15-7-4-12(23)10-14(15)24/h2-7,10H,8-9H2,1H3,(H,25,31). The number of hydrogen-bond donors (Lipinski definition) is 1. The largest absolute Gasteiger partial charge is 0.351 e. The SMILES string of the molecule is Cn1c(=O)c(-c2noc(CCC(=O)Nc3ccc(F)cc3F)n2)nn(-c2ccc(F)cc2)c1=O. The Balaban J connectivity index is 1.53. The third-order valence-corrected chi connectivity index (χ3v) is 4.70. The molecule has 0 bridgehead atoms. The van der Waals surface area contributed by atoms with Crippen LogP contribution in [0.2, 0.25) is 0 Å². The van der Waals surface area contributed by atoms with Gasteiger partial charge in [-0.3, -0.25) is 14.2 Å². The van der Waals surface area contributed by atoms with Crippen molar-refractivity contribution >= 4 is 11.6 Å². The van der Waals surface area contributed by atoms with E-state index in [2.05, 4.69) is 20.6 Å². The molecule has 0 aliphatic heterocycles. The average Bonchev–Trinajstić information content (AvgIpc) is 3.28. The van der Waals surface area contributed by atoms with Crippen molar-refractivity contribution in [3.63, 3.8) is 0 Å². The predicted molar refractivity (Wildman–Crippen MR) is 112 cm³/mol. The fourth-order valence-corrected chi connectivity index (χ4v) is 2.94. The van der Waals surface area contributed by atoms with Gasteiger partial charge in [0.2, 0.25) is 17.6 Å². The van der Waals surface area contributed by atoms with Crippen molar-refractivity contribution in [2.24, 2.45) is 7.05 Å². The van der Waals surface area contributed by atoms with Crippen LogP contribution in [0.1, 0.15) is 12.3 Å². The summed E-state index contributed by atoms with van der Waals surface area (Å²) >= 11 is 0. The van der Waals surface area contributed by atoms with Crippen molar-refractivity contribution in [1.82, 2.24) is 24.5 Å². The molecular formula is C21H15F3N6O4. The zero-order chi connectivity index (χ0) is 24.4. The molecule has 1 amide bonds. The molecule has 13 heteroatoms. The molecule has 1 N–H and O–H groups in total. The van der Waals surface area contributed by atoms with Crippen LogP contribution in [0.3, 0.4) is 0 Å². The number of nitrogens with zero attached hydrogens (tertiary/aromatic N) is 5. The summed E-state index contributed by atoms with van der Waals surface area (Å²) in [5, 5.41) is 9.98. The minimum atomic E-state index is -0.924. The molecule has 0 radical (unpaired) electrons. The first-order valence-corrected chi connectivity index (χ1v) is 9.77. The maximum atomic E-state index is 13.7. The van der Waals surface area contributed by atoms with E-state index in [1.807, 2.05) is 0 Å². The first kappa shape index (κ1) is 22.6. The molecular weight excluding hydrogens is 457 g/mol. The Hall–Kier alpha value is -4.55. The van der Waals surface area contributed by atoms with Crippen LogP contribution < -0.4 is 16.6 Å². The summed E-state index contributed by atoms with van der Waals surface area (Å²) in [6, 6.07) is 7.60. The summed E-state index contributed by atoms with van der Waals surface area (Å²) in [5.74, 6) is -3.06. The van der Waals surface area contributed by atoms with Gasteiger partial charge in [0, 0.05) is 26.0 Å². The van der Waals surface area contributed by atoms with E-state index in [0.29, 0.717) is 6.07 Å². The molecule has 4 rings (SSSR count). The van der Waals surface area contributed by atoms with Gasteiger partial charge in [-0.1, -0.05) is 5.16 Å². The van der Waals surface area contributed by atoms with Crippen molar-refractivity contribution in [3.05, 3.63) is 86.6 Å². The van der Waals surface area contributed by atoms with Crippen LogP contribution in [-0.4, -0.2) is 30.4 Å². The normalized spacial score (nSPS) is 10.9. The third-order valence-electron chi connectivity index (χ3n) is 4.70. The highest BCUT2D eigenvalue weighted by atomic mass is 19.1. The number of hydrogen-bond acceptors (Lipinski definition) is 7. The summed E-state index contributed by atoms with van der Waals surface area (Å²) in [6.45, 7) is 0. The van der Waals surface area contributed by atoms with Crippen LogP contribution in [0.5, 0.6) is 0 Å². The molecule has 4 aromatic rings. The molecule has 2 aromatic heterocycles. The Labute approximate surface area is 188 Å². The van der Waals surface area contributed by atoms with E-state index in [9.17, 15) is 27.6 Å². The Morgan fingerprint density at radius 3 is 2.47 bits per heavy atom. The molecule has 0 atom stereocenters. The fourth-order valence-electron chi connectivity index (χ4n) is 2.94. The smallest absolute Gasteiger partial charge is 0.339 e. The molecule has 2 heterocycles. The molecule has 174 valence electrons. The summed E-state index contributed by atoms with van der Waals surface area (Å²) in [6.07, 6.45) is -0.238. The van der Waals surface area contributed by atoms with E-state index in [-0.39, 0.29) is 41.6 Å². The molecule has 0 saturated carbocycles. The van der Waals surface area contributed by atoms with Gasteiger partial charge in [-0.2, -0.15) is 14.8 Å². The van der Waals surface area contributed by atoms with Gasteiger partial charge in [0.25, 0.3) is 5.56 Å². The van der Waals surface area contributed by atoms with Crippen LogP contribution in [0.25, 0.3) is 17.2 Å². The highest BCUT2D eigenvalue weighted by Gasteiger charge is 2.19. The molecule has 34 heavy (non-hydrogen) atoms. The minimum absolute atomic E-state index is 0.0203. The quantitative estimate of drug-likeness (QED) is 0.455. The van der Waals surface area contributed by atoms with Crippen molar-refractivity contribution in [3.8, 4) is 17.2 Å². The Bertz CT molecular complexity index is 1490. The molecule has 0 aliphatic rings. The van der Waals surface area contributed by atoms with Gasteiger partial charge < -0.3 is 9.84 Å². The van der Waals surface area contributed by atoms with Crippen molar-refractivity contribution in [2.75, 3.05) is 5.32 Å². The van der Waals surface area contributed by atoms with Crippen LogP contribution in [0.15, 0.2) is 56.6 Å². The zero-order valence-corrected chi connectivity index (χ0v) is 17.5. The van der Waals surface area contributed by atoms with E-state index >= 15 is 0 Å². The number of carbonyl (C=O) groups is 1. The highest BCUT2D eigenvalue weighted by Crippen LogP contribution is 2.16. The average molecular weight is 472 g/mol. The molecule has 0 spiro atoms. The summed E-state index contributed by atoms with van der Waals surface area (Å²) < 4.78 is 46.6. The summed E-state index contributed by atoms with van der Waals surface area (Å²) in [5.41, 5.74) is -1.85. The topological polar surface area (TPSA) is 125 Å². The maximum absolute atomic E-state index is 13.7. The number of benzene rings is 2. The van der Waals surface area contributed by atoms with Gasteiger partial charge in [0.05, 0.1) is 11.4 Å². The van der Waals surface area contributed by atoms with Crippen LogP contribution >= 0.6 is 0 Å². The Kier molecular flexibility index (Phi) is 6.08. The van der Waals surface area contributed by atoms with E-state index < -0.39 is 34.6 Å². The Morgan fingerprint density at radius 2 is 1.76 bits per heavy atom. The lowest BCUT2D eigenvalue weighted by atomic mass is 10.2. The minimum Gasteiger partial charge on any atom is -0.339 e. The lowest BCUT2D eigenvalue weighted by Gasteiger charge is -2.07. The second-order valence-electron chi connectivity index (χ2n) is 7.07. The lowest BCUT2D eigenvalue weighted by Crippen LogP contribution is -2.40. The molecule has 0 saturated heterocycles. The molecule has 10 nitrogen and oxygen atoms in total. The van der Waals surface area contributed by atoms with E-state index in [1.165, 1.54) is 19.2 Å². The van der Waals surface area contributed by atoms with Gasteiger partial charge in [-0.25, -0.2) is 18.0 Å². The van der Waals surface area contributed by atoms with Crippen LogP contribution in [0.4, 0.5) is 18.9 Å². The van der Waals surface area contributed by atoms with Crippen molar-refractivity contribution in [2.45, 2.75) is 12.8 Å². The van der Waals surface area contributed by atoms with Gasteiger partial charge in [-0.05, 0) is 36.4 Å². The first-order valence-electron chi connectivity index (χ1n) is 9.77. The van der Waals surface area contributed by atoms with Gasteiger partial charge in [-0.15, -0.1) is 0 Å². The monoisotopic (exact) mass is 472 g/mol.